The number of hydrogen-bond acceptors (Lipinski definition) is 5. The highest BCUT2D eigenvalue weighted by molar-refractivity contribution is 5.89. The second-order valence-electron chi connectivity index (χ2n) is 3.53. The standard InChI is InChI=1S/C11H10N2O3/c1-16-10(14)11(7-12)9(13(11)15)8-5-3-2-4-6-8/h2-6,9,15H,1H3. The predicted molar refractivity (Wildman–Crippen MR) is 53.2 cm³/mol. The summed E-state index contributed by atoms with van der Waals surface area (Å²) in [7, 11) is 1.19. The van der Waals surface area contributed by atoms with Crippen LogP contribution in [0.4, 0.5) is 0 Å². The summed E-state index contributed by atoms with van der Waals surface area (Å²) in [4.78, 5) is 11.5. The summed E-state index contributed by atoms with van der Waals surface area (Å²) >= 11 is 0. The summed E-state index contributed by atoms with van der Waals surface area (Å²) in [6.07, 6.45) is 0. The molecule has 1 aromatic carbocycles. The van der Waals surface area contributed by atoms with Gasteiger partial charge in [-0.25, -0.2) is 4.79 Å². The zero-order valence-electron chi connectivity index (χ0n) is 8.62. The largest absolute Gasteiger partial charge is 0.467 e. The predicted octanol–water partition coefficient (Wildman–Crippen LogP) is 0.868. The molecule has 0 bridgehead atoms. The van der Waals surface area contributed by atoms with Crippen LogP contribution in [0.25, 0.3) is 0 Å². The highest BCUT2D eigenvalue weighted by atomic mass is 16.6. The summed E-state index contributed by atoms with van der Waals surface area (Å²) in [6.45, 7) is 0. The lowest BCUT2D eigenvalue weighted by Gasteiger charge is -2.02. The Labute approximate surface area is 92.4 Å². The lowest BCUT2D eigenvalue weighted by atomic mass is 10.0. The molecule has 0 amide bonds. The van der Waals surface area contributed by atoms with Crippen LogP contribution in [0.15, 0.2) is 30.3 Å². The minimum atomic E-state index is -1.59. The zero-order chi connectivity index (χ0) is 11.8. The number of nitriles is 1. The second-order valence-corrected chi connectivity index (χ2v) is 3.53. The summed E-state index contributed by atoms with van der Waals surface area (Å²) in [6, 6.07) is 10.0. The van der Waals surface area contributed by atoms with Crippen LogP contribution in [0.1, 0.15) is 11.6 Å². The summed E-state index contributed by atoms with van der Waals surface area (Å²) in [5, 5.41) is 19.3. The number of hydrogen-bond donors (Lipinski definition) is 1. The second kappa shape index (κ2) is 3.59. The molecular weight excluding hydrogens is 208 g/mol. The van der Waals surface area contributed by atoms with Crippen molar-refractivity contribution in [3.05, 3.63) is 35.9 Å². The van der Waals surface area contributed by atoms with Crippen LogP contribution in [0.2, 0.25) is 0 Å². The SMILES string of the molecule is COC(=O)C1(C#N)C(c2ccccc2)N1O. The number of carbonyl (C=O) groups is 1. The fourth-order valence-corrected chi connectivity index (χ4v) is 1.82. The molecule has 1 aromatic rings. The van der Waals surface area contributed by atoms with Gasteiger partial charge in [0.1, 0.15) is 12.1 Å². The molecule has 0 aliphatic carbocycles. The first-order valence-corrected chi connectivity index (χ1v) is 4.71. The van der Waals surface area contributed by atoms with Gasteiger partial charge in [-0.2, -0.15) is 5.26 Å². The van der Waals surface area contributed by atoms with Gasteiger partial charge in [0.25, 0.3) is 5.54 Å². The smallest absolute Gasteiger partial charge is 0.345 e. The normalized spacial score (nSPS) is 31.6. The lowest BCUT2D eigenvalue weighted by molar-refractivity contribution is -0.147. The number of ether oxygens (including phenoxy) is 1. The van der Waals surface area contributed by atoms with Gasteiger partial charge in [0.05, 0.1) is 7.11 Å². The molecular formula is C11H10N2O3. The van der Waals surface area contributed by atoms with Crippen molar-refractivity contribution in [2.24, 2.45) is 0 Å². The molecule has 0 spiro atoms. The van der Waals surface area contributed by atoms with E-state index in [1.54, 1.807) is 30.3 Å². The van der Waals surface area contributed by atoms with E-state index in [4.69, 9.17) is 5.26 Å². The van der Waals surface area contributed by atoms with Gasteiger partial charge in [0, 0.05) is 0 Å². The van der Waals surface area contributed by atoms with Crippen LogP contribution in [0.5, 0.6) is 0 Å². The topological polar surface area (TPSA) is 73.3 Å². The molecule has 1 N–H and O–H groups in total. The van der Waals surface area contributed by atoms with Crippen molar-refractivity contribution in [1.82, 2.24) is 5.06 Å². The number of hydroxylamine groups is 2. The van der Waals surface area contributed by atoms with E-state index in [2.05, 4.69) is 4.74 Å². The fraction of sp³-hybridized carbons (Fsp3) is 0.273. The van der Waals surface area contributed by atoms with Gasteiger partial charge in [-0.1, -0.05) is 30.3 Å². The van der Waals surface area contributed by atoms with E-state index >= 15 is 0 Å². The van der Waals surface area contributed by atoms with Crippen LogP contribution in [-0.2, 0) is 9.53 Å². The van der Waals surface area contributed by atoms with Crippen LogP contribution in [0, 0.1) is 11.3 Å². The highest BCUT2D eigenvalue weighted by Gasteiger charge is 2.71. The number of rotatable bonds is 2. The average Bonchev–Trinajstić information content (AvgIpc) is 2.95. The van der Waals surface area contributed by atoms with Crippen molar-refractivity contribution in [3.63, 3.8) is 0 Å². The zero-order valence-corrected chi connectivity index (χ0v) is 8.62. The van der Waals surface area contributed by atoms with Gasteiger partial charge < -0.3 is 9.94 Å². The Morgan fingerprint density at radius 2 is 2.19 bits per heavy atom. The third-order valence-corrected chi connectivity index (χ3v) is 2.72. The van der Waals surface area contributed by atoms with Crippen LogP contribution in [-0.4, -0.2) is 28.9 Å². The first-order chi connectivity index (χ1) is 7.68. The Hall–Kier alpha value is -1.90. The monoisotopic (exact) mass is 218 g/mol. The third kappa shape index (κ3) is 1.21. The molecule has 82 valence electrons. The Bertz CT molecular complexity index is 454. The molecule has 0 radical (unpaired) electrons. The molecule has 1 saturated heterocycles. The van der Waals surface area contributed by atoms with Crippen LogP contribution >= 0.6 is 0 Å². The maximum atomic E-state index is 11.5. The summed E-state index contributed by atoms with van der Waals surface area (Å²) in [5.74, 6) is -0.744. The van der Waals surface area contributed by atoms with Crippen molar-refractivity contribution in [2.75, 3.05) is 7.11 Å². The number of methoxy groups -OCH3 is 1. The molecule has 3 unspecified atom stereocenters. The minimum Gasteiger partial charge on any atom is -0.467 e. The molecule has 1 aliphatic rings. The van der Waals surface area contributed by atoms with Gasteiger partial charge in [-0.05, 0) is 5.56 Å². The molecule has 5 heteroatoms. The van der Waals surface area contributed by atoms with Crippen LogP contribution < -0.4 is 0 Å². The van der Waals surface area contributed by atoms with Crippen molar-refractivity contribution in [2.45, 2.75) is 11.6 Å². The molecule has 5 nitrogen and oxygen atoms in total. The molecule has 0 saturated carbocycles. The van der Waals surface area contributed by atoms with Crippen LogP contribution in [0.3, 0.4) is 0 Å². The van der Waals surface area contributed by atoms with Gasteiger partial charge in [-0.3, -0.25) is 0 Å². The number of esters is 1. The van der Waals surface area contributed by atoms with E-state index in [0.29, 0.717) is 10.6 Å². The Kier molecular flexibility index (Phi) is 2.38. The van der Waals surface area contributed by atoms with Crippen molar-refractivity contribution < 1.29 is 14.7 Å². The first kappa shape index (κ1) is 10.6. The number of carbonyl (C=O) groups excluding carboxylic acids is 1. The molecule has 1 fully saturated rings. The first-order valence-electron chi connectivity index (χ1n) is 4.71. The van der Waals surface area contributed by atoms with E-state index in [0.717, 1.165) is 0 Å². The van der Waals surface area contributed by atoms with Crippen molar-refractivity contribution >= 4 is 5.97 Å². The molecule has 0 aromatic heterocycles. The van der Waals surface area contributed by atoms with Gasteiger partial charge in [-0.15, -0.1) is 5.06 Å². The Balaban J connectivity index is 2.35. The maximum Gasteiger partial charge on any atom is 0.345 e. The maximum absolute atomic E-state index is 11.5. The van der Waals surface area contributed by atoms with E-state index in [9.17, 15) is 10.0 Å². The third-order valence-electron chi connectivity index (χ3n) is 2.72. The highest BCUT2D eigenvalue weighted by Crippen LogP contribution is 2.51. The number of nitrogens with zero attached hydrogens (tertiary/aromatic N) is 2. The van der Waals surface area contributed by atoms with Crippen molar-refractivity contribution in [3.8, 4) is 6.07 Å². The Morgan fingerprint density at radius 3 is 2.69 bits per heavy atom. The van der Waals surface area contributed by atoms with Gasteiger partial charge in [0.2, 0.25) is 0 Å². The van der Waals surface area contributed by atoms with Gasteiger partial charge >= 0.3 is 5.97 Å². The molecule has 16 heavy (non-hydrogen) atoms. The fourth-order valence-electron chi connectivity index (χ4n) is 1.82. The quantitative estimate of drug-likeness (QED) is 0.589. The van der Waals surface area contributed by atoms with E-state index in [-0.39, 0.29) is 0 Å². The van der Waals surface area contributed by atoms with E-state index in [1.807, 2.05) is 6.07 Å². The van der Waals surface area contributed by atoms with E-state index in [1.165, 1.54) is 7.11 Å². The molecule has 3 atom stereocenters. The Morgan fingerprint density at radius 1 is 1.56 bits per heavy atom. The lowest BCUT2D eigenvalue weighted by Crippen LogP contribution is -2.28. The minimum absolute atomic E-state index is 0.647. The number of benzene rings is 1. The summed E-state index contributed by atoms with van der Waals surface area (Å²) < 4.78 is 4.53. The molecule has 2 rings (SSSR count). The molecule has 1 aliphatic heterocycles. The summed E-state index contributed by atoms with van der Waals surface area (Å²) in [5.41, 5.74) is -0.882. The average molecular weight is 218 g/mol. The molecule has 1 heterocycles. The van der Waals surface area contributed by atoms with Crippen molar-refractivity contribution in [1.29, 1.82) is 5.26 Å². The van der Waals surface area contributed by atoms with Gasteiger partial charge in [0.15, 0.2) is 0 Å². The van der Waals surface area contributed by atoms with E-state index < -0.39 is 17.6 Å².